The summed E-state index contributed by atoms with van der Waals surface area (Å²) in [5.41, 5.74) is -0.179. The van der Waals surface area contributed by atoms with Crippen LogP contribution in [0.2, 0.25) is 0 Å². The standard InChI is InChI=1S/C10H20N2O/c1-7(2)11-9-12(8(3)4)10(5,6)13-9/h7-8H,1-6H3. The molecule has 3 heteroatoms. The first-order valence-corrected chi connectivity index (χ1v) is 4.90. The van der Waals surface area contributed by atoms with E-state index in [2.05, 4.69) is 51.4 Å². The summed E-state index contributed by atoms with van der Waals surface area (Å²) in [6.07, 6.45) is 0. The van der Waals surface area contributed by atoms with Crippen LogP contribution in [0, 0.1) is 0 Å². The first kappa shape index (κ1) is 10.4. The molecule has 0 aromatic heterocycles. The first-order chi connectivity index (χ1) is 5.84. The lowest BCUT2D eigenvalue weighted by atomic mass is 10.1. The van der Waals surface area contributed by atoms with Gasteiger partial charge in [0, 0.05) is 12.1 Å². The number of ether oxygens (including phenoxy) is 1. The van der Waals surface area contributed by atoms with Crippen LogP contribution in [0.4, 0.5) is 0 Å². The van der Waals surface area contributed by atoms with Gasteiger partial charge < -0.3 is 4.74 Å². The van der Waals surface area contributed by atoms with Crippen molar-refractivity contribution in [3.8, 4) is 0 Å². The van der Waals surface area contributed by atoms with Gasteiger partial charge in [-0.25, -0.2) is 4.99 Å². The van der Waals surface area contributed by atoms with Gasteiger partial charge in [0.05, 0.1) is 0 Å². The number of amidine groups is 1. The Morgan fingerprint density at radius 3 is 2.08 bits per heavy atom. The van der Waals surface area contributed by atoms with Crippen molar-refractivity contribution in [3.63, 3.8) is 0 Å². The summed E-state index contributed by atoms with van der Waals surface area (Å²) in [6.45, 7) is 12.5. The van der Waals surface area contributed by atoms with Gasteiger partial charge in [-0.05, 0) is 41.5 Å². The van der Waals surface area contributed by atoms with Gasteiger partial charge >= 0.3 is 0 Å². The van der Waals surface area contributed by atoms with Gasteiger partial charge in [-0.3, -0.25) is 4.90 Å². The molecular weight excluding hydrogens is 164 g/mol. The van der Waals surface area contributed by atoms with Crippen molar-refractivity contribution >= 4 is 6.02 Å². The average molecular weight is 184 g/mol. The molecule has 1 rings (SSSR count). The van der Waals surface area contributed by atoms with Gasteiger partial charge in [0.25, 0.3) is 6.02 Å². The minimum Gasteiger partial charge on any atom is -0.439 e. The lowest BCUT2D eigenvalue weighted by Gasteiger charge is -2.52. The van der Waals surface area contributed by atoms with Crippen LogP contribution in [0.25, 0.3) is 0 Å². The van der Waals surface area contributed by atoms with Crippen molar-refractivity contribution < 1.29 is 4.74 Å². The topological polar surface area (TPSA) is 24.8 Å². The predicted octanol–water partition coefficient (Wildman–Crippen LogP) is 2.23. The van der Waals surface area contributed by atoms with Crippen LogP contribution in [0.15, 0.2) is 4.99 Å². The Morgan fingerprint density at radius 1 is 1.23 bits per heavy atom. The highest BCUT2D eigenvalue weighted by atomic mass is 16.6. The normalized spacial score (nSPS) is 23.7. The smallest absolute Gasteiger partial charge is 0.293 e. The van der Waals surface area contributed by atoms with Crippen LogP contribution in [0.3, 0.4) is 0 Å². The lowest BCUT2D eigenvalue weighted by Crippen LogP contribution is -2.65. The van der Waals surface area contributed by atoms with E-state index in [4.69, 9.17) is 4.74 Å². The Kier molecular flexibility index (Phi) is 2.55. The molecule has 13 heavy (non-hydrogen) atoms. The van der Waals surface area contributed by atoms with Crippen molar-refractivity contribution in [1.82, 2.24) is 4.90 Å². The Balaban J connectivity index is 2.74. The summed E-state index contributed by atoms with van der Waals surface area (Å²) in [7, 11) is 0. The van der Waals surface area contributed by atoms with E-state index in [0.717, 1.165) is 6.02 Å². The molecule has 0 amide bonds. The lowest BCUT2D eigenvalue weighted by molar-refractivity contribution is -0.140. The largest absolute Gasteiger partial charge is 0.439 e. The maximum absolute atomic E-state index is 5.59. The van der Waals surface area contributed by atoms with E-state index < -0.39 is 0 Å². The van der Waals surface area contributed by atoms with E-state index in [-0.39, 0.29) is 5.72 Å². The second-order valence-corrected chi connectivity index (χ2v) is 4.52. The van der Waals surface area contributed by atoms with Crippen LogP contribution in [-0.2, 0) is 4.74 Å². The van der Waals surface area contributed by atoms with E-state index in [1.807, 2.05) is 0 Å². The predicted molar refractivity (Wildman–Crippen MR) is 54.7 cm³/mol. The quantitative estimate of drug-likeness (QED) is 0.657. The number of hydrogen-bond acceptors (Lipinski definition) is 2. The fourth-order valence-corrected chi connectivity index (χ4v) is 1.67. The van der Waals surface area contributed by atoms with Crippen LogP contribution in [0.1, 0.15) is 41.5 Å². The van der Waals surface area contributed by atoms with Gasteiger partial charge in [-0.1, -0.05) is 0 Å². The molecule has 0 spiro atoms. The monoisotopic (exact) mass is 184 g/mol. The highest BCUT2D eigenvalue weighted by Crippen LogP contribution is 2.31. The number of rotatable bonds is 2. The fraction of sp³-hybridized carbons (Fsp3) is 0.900. The molecule has 0 bridgehead atoms. The van der Waals surface area contributed by atoms with Crippen LogP contribution < -0.4 is 0 Å². The van der Waals surface area contributed by atoms with Crippen molar-refractivity contribution in [1.29, 1.82) is 0 Å². The molecule has 1 heterocycles. The molecule has 3 nitrogen and oxygen atoms in total. The third-order valence-electron chi connectivity index (χ3n) is 2.01. The van der Waals surface area contributed by atoms with Crippen LogP contribution in [-0.4, -0.2) is 28.7 Å². The molecule has 0 atom stereocenters. The average Bonchev–Trinajstić information content (AvgIpc) is 1.80. The summed E-state index contributed by atoms with van der Waals surface area (Å²) < 4.78 is 5.59. The second-order valence-electron chi connectivity index (χ2n) is 4.52. The molecule has 1 fully saturated rings. The molecule has 0 aliphatic carbocycles. The molecule has 0 radical (unpaired) electrons. The maximum atomic E-state index is 5.59. The Morgan fingerprint density at radius 2 is 1.77 bits per heavy atom. The van der Waals surface area contributed by atoms with E-state index in [9.17, 15) is 0 Å². The molecule has 0 aromatic carbocycles. The Hall–Kier alpha value is -0.730. The van der Waals surface area contributed by atoms with Gasteiger partial charge in [0.15, 0.2) is 5.72 Å². The third-order valence-corrected chi connectivity index (χ3v) is 2.01. The molecule has 1 saturated heterocycles. The zero-order valence-electron chi connectivity index (χ0n) is 9.46. The van der Waals surface area contributed by atoms with Crippen molar-refractivity contribution in [2.24, 2.45) is 4.99 Å². The molecule has 0 aromatic rings. The van der Waals surface area contributed by atoms with Gasteiger partial charge in [-0.15, -0.1) is 0 Å². The Labute approximate surface area is 80.8 Å². The second kappa shape index (κ2) is 3.20. The minimum atomic E-state index is -0.179. The highest BCUT2D eigenvalue weighted by molar-refractivity contribution is 5.80. The molecular formula is C10H20N2O. The number of nitrogens with zero attached hydrogens (tertiary/aromatic N) is 2. The van der Waals surface area contributed by atoms with Crippen LogP contribution in [0.5, 0.6) is 0 Å². The zero-order valence-corrected chi connectivity index (χ0v) is 9.46. The first-order valence-electron chi connectivity index (χ1n) is 4.90. The summed E-state index contributed by atoms with van der Waals surface area (Å²) in [5.74, 6) is 0. The van der Waals surface area contributed by atoms with E-state index >= 15 is 0 Å². The maximum Gasteiger partial charge on any atom is 0.293 e. The minimum absolute atomic E-state index is 0.179. The summed E-state index contributed by atoms with van der Waals surface area (Å²) in [5, 5.41) is 0. The van der Waals surface area contributed by atoms with E-state index in [0.29, 0.717) is 12.1 Å². The van der Waals surface area contributed by atoms with Crippen molar-refractivity contribution in [2.75, 3.05) is 0 Å². The van der Waals surface area contributed by atoms with Crippen molar-refractivity contribution in [2.45, 2.75) is 59.4 Å². The zero-order chi connectivity index (χ0) is 10.2. The van der Waals surface area contributed by atoms with Crippen LogP contribution >= 0.6 is 0 Å². The summed E-state index contributed by atoms with van der Waals surface area (Å²) in [4.78, 5) is 6.60. The third kappa shape index (κ3) is 1.95. The van der Waals surface area contributed by atoms with Gasteiger partial charge in [-0.2, -0.15) is 0 Å². The fourth-order valence-electron chi connectivity index (χ4n) is 1.67. The molecule has 0 N–H and O–H groups in total. The number of hydrogen-bond donors (Lipinski definition) is 0. The molecule has 1 aliphatic heterocycles. The van der Waals surface area contributed by atoms with Gasteiger partial charge in [0.2, 0.25) is 0 Å². The number of aliphatic imine (C=N–C) groups is 1. The summed E-state index contributed by atoms with van der Waals surface area (Å²) >= 11 is 0. The molecule has 0 unspecified atom stereocenters. The Bertz CT molecular complexity index is 219. The SMILES string of the molecule is CC(C)N=C1OC(C)(C)N1C(C)C. The molecule has 76 valence electrons. The van der Waals surface area contributed by atoms with E-state index in [1.54, 1.807) is 0 Å². The summed E-state index contributed by atoms with van der Waals surface area (Å²) in [6, 6.07) is 1.53. The molecule has 1 aliphatic rings. The van der Waals surface area contributed by atoms with Crippen molar-refractivity contribution in [3.05, 3.63) is 0 Å². The highest BCUT2D eigenvalue weighted by Gasteiger charge is 2.45. The van der Waals surface area contributed by atoms with Gasteiger partial charge in [0.1, 0.15) is 0 Å². The molecule has 0 saturated carbocycles. The van der Waals surface area contributed by atoms with E-state index in [1.165, 1.54) is 0 Å².